The van der Waals surface area contributed by atoms with Crippen LogP contribution in [-0.2, 0) is 4.79 Å². The van der Waals surface area contributed by atoms with Crippen LogP contribution in [0.15, 0.2) is 0 Å². The fourth-order valence-electron chi connectivity index (χ4n) is 2.11. The SMILES string of the molecule is CC1CCCC(NCC(C)(C)C(N)=O)C1. The van der Waals surface area contributed by atoms with E-state index in [0.717, 1.165) is 5.92 Å². The Balaban J connectivity index is 2.33. The van der Waals surface area contributed by atoms with Gasteiger partial charge >= 0.3 is 0 Å². The first-order valence-electron chi connectivity index (χ1n) is 5.95. The van der Waals surface area contributed by atoms with Gasteiger partial charge in [0.25, 0.3) is 0 Å². The second-order valence-electron chi connectivity index (χ2n) is 5.60. The van der Waals surface area contributed by atoms with Crippen molar-refractivity contribution in [1.29, 1.82) is 0 Å². The van der Waals surface area contributed by atoms with Crippen LogP contribution in [0.25, 0.3) is 0 Å². The summed E-state index contributed by atoms with van der Waals surface area (Å²) in [6.45, 7) is 6.79. The van der Waals surface area contributed by atoms with Gasteiger partial charge in [0.2, 0.25) is 5.91 Å². The first kappa shape index (κ1) is 12.5. The lowest BCUT2D eigenvalue weighted by molar-refractivity contribution is -0.125. The van der Waals surface area contributed by atoms with Gasteiger partial charge in [0.15, 0.2) is 0 Å². The van der Waals surface area contributed by atoms with Crippen molar-refractivity contribution in [2.45, 2.75) is 52.5 Å². The van der Waals surface area contributed by atoms with Crippen LogP contribution in [0.5, 0.6) is 0 Å². The summed E-state index contributed by atoms with van der Waals surface area (Å²) in [6.07, 6.45) is 5.11. The van der Waals surface area contributed by atoms with Gasteiger partial charge in [0, 0.05) is 12.6 Å². The molecule has 0 aliphatic heterocycles. The predicted octanol–water partition coefficient (Wildman–Crippen LogP) is 1.67. The number of primary amides is 1. The number of hydrogen-bond acceptors (Lipinski definition) is 2. The van der Waals surface area contributed by atoms with Gasteiger partial charge in [-0.2, -0.15) is 0 Å². The van der Waals surface area contributed by atoms with Crippen LogP contribution in [0.2, 0.25) is 0 Å². The van der Waals surface area contributed by atoms with E-state index in [0.29, 0.717) is 12.6 Å². The Morgan fingerprint density at radius 3 is 2.67 bits per heavy atom. The number of nitrogens with two attached hydrogens (primary N) is 1. The van der Waals surface area contributed by atoms with E-state index in [1.54, 1.807) is 0 Å². The molecule has 0 aromatic heterocycles. The zero-order valence-corrected chi connectivity index (χ0v) is 10.2. The third-order valence-electron chi connectivity index (χ3n) is 3.44. The smallest absolute Gasteiger partial charge is 0.224 e. The van der Waals surface area contributed by atoms with E-state index in [2.05, 4.69) is 12.2 Å². The normalized spacial score (nSPS) is 27.7. The molecule has 0 bridgehead atoms. The van der Waals surface area contributed by atoms with Crippen LogP contribution < -0.4 is 11.1 Å². The summed E-state index contributed by atoms with van der Waals surface area (Å²) in [5, 5.41) is 3.47. The zero-order chi connectivity index (χ0) is 11.5. The van der Waals surface area contributed by atoms with Crippen LogP contribution in [-0.4, -0.2) is 18.5 Å². The molecule has 2 unspecified atom stereocenters. The molecule has 2 atom stereocenters. The molecular weight excluding hydrogens is 188 g/mol. The number of carbonyl (C=O) groups is 1. The van der Waals surface area contributed by atoms with Crippen molar-refractivity contribution in [3.05, 3.63) is 0 Å². The molecule has 1 fully saturated rings. The molecule has 1 aliphatic rings. The van der Waals surface area contributed by atoms with E-state index in [9.17, 15) is 4.79 Å². The predicted molar refractivity (Wildman–Crippen MR) is 62.4 cm³/mol. The lowest BCUT2D eigenvalue weighted by Crippen LogP contribution is -2.45. The van der Waals surface area contributed by atoms with Crippen molar-refractivity contribution in [3.63, 3.8) is 0 Å². The fourth-order valence-corrected chi connectivity index (χ4v) is 2.11. The molecule has 15 heavy (non-hydrogen) atoms. The topological polar surface area (TPSA) is 55.1 Å². The van der Waals surface area contributed by atoms with Crippen molar-refractivity contribution in [3.8, 4) is 0 Å². The number of amides is 1. The molecule has 88 valence electrons. The largest absolute Gasteiger partial charge is 0.369 e. The third-order valence-corrected chi connectivity index (χ3v) is 3.44. The van der Waals surface area contributed by atoms with Gasteiger partial charge in [-0.15, -0.1) is 0 Å². The molecule has 0 heterocycles. The molecule has 1 aliphatic carbocycles. The van der Waals surface area contributed by atoms with Gasteiger partial charge in [-0.3, -0.25) is 4.79 Å². The fraction of sp³-hybridized carbons (Fsp3) is 0.917. The van der Waals surface area contributed by atoms with Gasteiger partial charge in [0.1, 0.15) is 0 Å². The molecule has 1 rings (SSSR count). The molecule has 0 saturated heterocycles. The summed E-state index contributed by atoms with van der Waals surface area (Å²) in [7, 11) is 0. The van der Waals surface area contributed by atoms with Crippen LogP contribution in [0.3, 0.4) is 0 Å². The highest BCUT2D eigenvalue weighted by atomic mass is 16.1. The summed E-state index contributed by atoms with van der Waals surface area (Å²) >= 11 is 0. The number of hydrogen-bond donors (Lipinski definition) is 2. The maximum absolute atomic E-state index is 11.1. The van der Waals surface area contributed by atoms with Crippen molar-refractivity contribution < 1.29 is 4.79 Å². The average molecular weight is 212 g/mol. The second kappa shape index (κ2) is 4.97. The maximum Gasteiger partial charge on any atom is 0.224 e. The Hall–Kier alpha value is -0.570. The zero-order valence-electron chi connectivity index (χ0n) is 10.2. The Labute approximate surface area is 92.8 Å². The summed E-state index contributed by atoms with van der Waals surface area (Å²) in [6, 6.07) is 0.576. The van der Waals surface area contributed by atoms with E-state index in [1.165, 1.54) is 25.7 Å². The van der Waals surface area contributed by atoms with Crippen LogP contribution >= 0.6 is 0 Å². The molecule has 3 N–H and O–H groups in total. The summed E-state index contributed by atoms with van der Waals surface area (Å²) in [5.41, 5.74) is 4.90. The standard InChI is InChI=1S/C12H24N2O/c1-9-5-4-6-10(7-9)14-8-12(2,3)11(13)15/h9-10,14H,4-8H2,1-3H3,(H2,13,15). The van der Waals surface area contributed by atoms with Gasteiger partial charge < -0.3 is 11.1 Å². The molecule has 0 spiro atoms. The van der Waals surface area contributed by atoms with E-state index in [4.69, 9.17) is 5.73 Å². The van der Waals surface area contributed by atoms with Crippen molar-refractivity contribution in [2.24, 2.45) is 17.1 Å². The quantitative estimate of drug-likeness (QED) is 0.744. The molecule has 0 aromatic rings. The van der Waals surface area contributed by atoms with Gasteiger partial charge in [-0.1, -0.05) is 19.8 Å². The average Bonchev–Trinajstić information content (AvgIpc) is 2.15. The highest BCUT2D eigenvalue weighted by Gasteiger charge is 2.27. The molecule has 0 aromatic carbocycles. The van der Waals surface area contributed by atoms with Crippen LogP contribution in [0, 0.1) is 11.3 Å². The Kier molecular flexibility index (Phi) is 4.14. The molecular formula is C12H24N2O. The molecule has 0 radical (unpaired) electrons. The molecule has 1 saturated carbocycles. The van der Waals surface area contributed by atoms with E-state index in [1.807, 2.05) is 13.8 Å². The lowest BCUT2D eigenvalue weighted by Gasteiger charge is -2.30. The molecule has 1 amide bonds. The highest BCUT2D eigenvalue weighted by molar-refractivity contribution is 5.80. The van der Waals surface area contributed by atoms with Crippen molar-refractivity contribution in [1.82, 2.24) is 5.32 Å². The van der Waals surface area contributed by atoms with E-state index < -0.39 is 5.41 Å². The summed E-state index contributed by atoms with van der Waals surface area (Å²) in [5.74, 6) is 0.590. The first-order valence-corrected chi connectivity index (χ1v) is 5.95. The lowest BCUT2D eigenvalue weighted by atomic mass is 9.85. The minimum absolute atomic E-state index is 0.223. The molecule has 3 nitrogen and oxygen atoms in total. The van der Waals surface area contributed by atoms with Crippen molar-refractivity contribution >= 4 is 5.91 Å². The van der Waals surface area contributed by atoms with E-state index in [-0.39, 0.29) is 5.91 Å². The maximum atomic E-state index is 11.1. The van der Waals surface area contributed by atoms with E-state index >= 15 is 0 Å². The first-order chi connectivity index (χ1) is 6.92. The summed E-state index contributed by atoms with van der Waals surface area (Å²) < 4.78 is 0. The van der Waals surface area contributed by atoms with Crippen LogP contribution in [0.4, 0.5) is 0 Å². The van der Waals surface area contributed by atoms with Gasteiger partial charge in [0.05, 0.1) is 5.41 Å². The highest BCUT2D eigenvalue weighted by Crippen LogP contribution is 2.24. The minimum atomic E-state index is -0.430. The third kappa shape index (κ3) is 3.82. The second-order valence-corrected chi connectivity index (χ2v) is 5.60. The molecule has 3 heteroatoms. The van der Waals surface area contributed by atoms with Gasteiger partial charge in [-0.25, -0.2) is 0 Å². The Morgan fingerprint density at radius 1 is 1.47 bits per heavy atom. The number of carbonyl (C=O) groups excluding carboxylic acids is 1. The van der Waals surface area contributed by atoms with Crippen molar-refractivity contribution in [2.75, 3.05) is 6.54 Å². The summed E-state index contributed by atoms with van der Waals surface area (Å²) in [4.78, 5) is 11.1. The van der Waals surface area contributed by atoms with Gasteiger partial charge in [-0.05, 0) is 32.6 Å². The Bertz CT molecular complexity index is 226. The monoisotopic (exact) mass is 212 g/mol. The number of rotatable bonds is 4. The number of nitrogens with one attached hydrogen (secondary N) is 1. The Morgan fingerprint density at radius 2 is 2.13 bits per heavy atom. The van der Waals surface area contributed by atoms with Crippen LogP contribution in [0.1, 0.15) is 46.5 Å². The minimum Gasteiger partial charge on any atom is -0.369 e.